The van der Waals surface area contributed by atoms with Gasteiger partial charge >= 0.3 is 0 Å². The number of amides is 1. The molecule has 0 radical (unpaired) electrons. The van der Waals surface area contributed by atoms with Crippen LogP contribution in [0.4, 0.5) is 5.69 Å². The summed E-state index contributed by atoms with van der Waals surface area (Å²) in [7, 11) is 1.85. The molecule has 0 saturated carbocycles. The summed E-state index contributed by atoms with van der Waals surface area (Å²) in [6.07, 6.45) is 2.34. The Kier molecular flexibility index (Phi) is 4.84. The topological polar surface area (TPSA) is 60.3 Å². The Balaban J connectivity index is 1.76. The van der Waals surface area contributed by atoms with Gasteiger partial charge in [-0.3, -0.25) is 9.59 Å². The number of rotatable bonds is 5. The molecule has 3 aromatic rings. The van der Waals surface area contributed by atoms with Gasteiger partial charge in [-0.2, -0.15) is 0 Å². The third-order valence-electron chi connectivity index (χ3n) is 4.11. The first kappa shape index (κ1) is 16.8. The molecule has 0 aliphatic carbocycles. The molecular weight excluding hydrogens is 316 g/mol. The number of aromatic nitrogens is 1. The van der Waals surface area contributed by atoms with Crippen LogP contribution in [0.1, 0.15) is 12.6 Å². The first-order chi connectivity index (χ1) is 12.1. The molecule has 2 aromatic carbocycles. The van der Waals surface area contributed by atoms with Crippen molar-refractivity contribution in [3.05, 3.63) is 70.6 Å². The summed E-state index contributed by atoms with van der Waals surface area (Å²) < 4.78 is 7.37. The predicted octanol–water partition coefficient (Wildman–Crippen LogP) is 3.12. The Bertz CT molecular complexity index is 971. The highest BCUT2D eigenvalue weighted by molar-refractivity contribution is 6.02. The minimum Gasteiger partial charge on any atom is -0.478 e. The van der Waals surface area contributed by atoms with Crippen LogP contribution in [0, 0.1) is 0 Å². The minimum absolute atomic E-state index is 0.213. The lowest BCUT2D eigenvalue weighted by molar-refractivity contribution is -0.118. The van der Waals surface area contributed by atoms with Gasteiger partial charge in [-0.1, -0.05) is 43.3 Å². The van der Waals surface area contributed by atoms with E-state index in [-0.39, 0.29) is 23.7 Å². The third-order valence-corrected chi connectivity index (χ3v) is 4.11. The summed E-state index contributed by atoms with van der Waals surface area (Å²) in [5.74, 6) is -0.0649. The molecule has 1 amide bonds. The van der Waals surface area contributed by atoms with Gasteiger partial charge in [0.05, 0.1) is 5.69 Å². The second-order valence-corrected chi connectivity index (χ2v) is 5.78. The number of aryl methyl sites for hydroxylation is 1. The van der Waals surface area contributed by atoms with Gasteiger partial charge in [0, 0.05) is 30.4 Å². The standard InChI is InChI=1S/C20H20N2O3/c1-3-17-20(18(23)11-12-22(17)2)25-13-19(24)21-16-10-6-8-14-7-4-5-9-15(14)16/h4-12H,3,13H2,1-2H3,(H,21,24). The van der Waals surface area contributed by atoms with Crippen molar-refractivity contribution in [2.24, 2.45) is 7.05 Å². The van der Waals surface area contributed by atoms with E-state index in [0.717, 1.165) is 22.2 Å². The molecule has 0 fully saturated rings. The normalized spacial score (nSPS) is 10.6. The van der Waals surface area contributed by atoms with Crippen molar-refractivity contribution < 1.29 is 9.53 Å². The van der Waals surface area contributed by atoms with Gasteiger partial charge in [-0.05, 0) is 17.9 Å². The molecule has 1 heterocycles. The lowest BCUT2D eigenvalue weighted by Crippen LogP contribution is -2.24. The van der Waals surface area contributed by atoms with Crippen LogP contribution in [0.15, 0.2) is 59.5 Å². The molecule has 3 rings (SSSR count). The van der Waals surface area contributed by atoms with Gasteiger partial charge in [0.2, 0.25) is 5.43 Å². The zero-order chi connectivity index (χ0) is 17.8. The van der Waals surface area contributed by atoms with Crippen LogP contribution in [0.25, 0.3) is 10.8 Å². The Morgan fingerprint density at radius 1 is 1.12 bits per heavy atom. The summed E-state index contributed by atoms with van der Waals surface area (Å²) in [5, 5.41) is 4.86. The SMILES string of the molecule is CCc1c(OCC(=O)Nc2cccc3ccccc23)c(=O)ccn1C. The molecule has 0 saturated heterocycles. The van der Waals surface area contributed by atoms with E-state index in [4.69, 9.17) is 4.74 Å². The predicted molar refractivity (Wildman–Crippen MR) is 99.1 cm³/mol. The molecule has 0 atom stereocenters. The highest BCUT2D eigenvalue weighted by atomic mass is 16.5. The van der Waals surface area contributed by atoms with E-state index in [1.807, 2.05) is 61.0 Å². The second-order valence-electron chi connectivity index (χ2n) is 5.78. The number of ether oxygens (including phenoxy) is 1. The van der Waals surface area contributed by atoms with E-state index < -0.39 is 0 Å². The Morgan fingerprint density at radius 3 is 2.68 bits per heavy atom. The molecule has 1 N–H and O–H groups in total. The van der Waals surface area contributed by atoms with E-state index in [1.165, 1.54) is 6.07 Å². The summed E-state index contributed by atoms with van der Waals surface area (Å²) in [6, 6.07) is 15.0. The zero-order valence-electron chi connectivity index (χ0n) is 14.3. The van der Waals surface area contributed by atoms with Crippen molar-refractivity contribution in [1.82, 2.24) is 4.57 Å². The average molecular weight is 336 g/mol. The van der Waals surface area contributed by atoms with Crippen LogP contribution < -0.4 is 15.5 Å². The van der Waals surface area contributed by atoms with Crippen LogP contribution in [-0.2, 0) is 18.3 Å². The number of pyridine rings is 1. The smallest absolute Gasteiger partial charge is 0.262 e. The van der Waals surface area contributed by atoms with Crippen molar-refractivity contribution in [1.29, 1.82) is 0 Å². The van der Waals surface area contributed by atoms with Gasteiger partial charge in [0.1, 0.15) is 0 Å². The maximum Gasteiger partial charge on any atom is 0.262 e. The van der Waals surface area contributed by atoms with Gasteiger partial charge in [0.15, 0.2) is 12.4 Å². The first-order valence-electron chi connectivity index (χ1n) is 8.19. The van der Waals surface area contributed by atoms with E-state index in [1.54, 1.807) is 6.20 Å². The molecule has 5 nitrogen and oxygen atoms in total. The largest absolute Gasteiger partial charge is 0.478 e. The fourth-order valence-electron chi connectivity index (χ4n) is 2.87. The van der Waals surface area contributed by atoms with E-state index in [9.17, 15) is 9.59 Å². The highest BCUT2D eigenvalue weighted by Crippen LogP contribution is 2.23. The highest BCUT2D eigenvalue weighted by Gasteiger charge is 2.12. The average Bonchev–Trinajstić information content (AvgIpc) is 2.62. The third kappa shape index (κ3) is 3.55. The fourth-order valence-corrected chi connectivity index (χ4v) is 2.87. The summed E-state index contributed by atoms with van der Waals surface area (Å²) in [5.41, 5.74) is 1.28. The minimum atomic E-state index is -0.302. The van der Waals surface area contributed by atoms with E-state index >= 15 is 0 Å². The lowest BCUT2D eigenvalue weighted by atomic mass is 10.1. The van der Waals surface area contributed by atoms with Gasteiger partial charge in [-0.15, -0.1) is 0 Å². The van der Waals surface area contributed by atoms with Crippen LogP contribution in [0.5, 0.6) is 5.75 Å². The fraction of sp³-hybridized carbons (Fsp3) is 0.200. The molecule has 0 unspecified atom stereocenters. The molecule has 5 heteroatoms. The van der Waals surface area contributed by atoms with Gasteiger partial charge in [-0.25, -0.2) is 0 Å². The summed E-state index contributed by atoms with van der Waals surface area (Å²) >= 11 is 0. The summed E-state index contributed by atoms with van der Waals surface area (Å²) in [4.78, 5) is 24.3. The molecule has 0 spiro atoms. The Morgan fingerprint density at radius 2 is 1.88 bits per heavy atom. The number of carbonyl (C=O) groups is 1. The Labute approximate surface area is 145 Å². The number of nitrogens with one attached hydrogen (secondary N) is 1. The van der Waals surface area contributed by atoms with Crippen LogP contribution >= 0.6 is 0 Å². The zero-order valence-corrected chi connectivity index (χ0v) is 14.3. The quantitative estimate of drug-likeness (QED) is 0.779. The lowest BCUT2D eigenvalue weighted by Gasteiger charge is -2.13. The van der Waals surface area contributed by atoms with Crippen LogP contribution in [0.2, 0.25) is 0 Å². The Hall–Kier alpha value is -3.08. The second kappa shape index (κ2) is 7.21. The van der Waals surface area contributed by atoms with Crippen LogP contribution in [-0.4, -0.2) is 17.1 Å². The molecule has 0 bridgehead atoms. The maximum absolute atomic E-state index is 12.3. The number of anilines is 1. The van der Waals surface area contributed by atoms with Gasteiger partial charge < -0.3 is 14.6 Å². The molecule has 128 valence electrons. The molecule has 25 heavy (non-hydrogen) atoms. The number of carbonyl (C=O) groups excluding carboxylic acids is 1. The molecule has 1 aromatic heterocycles. The van der Waals surface area contributed by atoms with Crippen LogP contribution in [0.3, 0.4) is 0 Å². The van der Waals surface area contributed by atoms with Crippen molar-refractivity contribution in [2.45, 2.75) is 13.3 Å². The van der Waals surface area contributed by atoms with Crippen molar-refractivity contribution in [3.8, 4) is 5.75 Å². The molecule has 0 aliphatic heterocycles. The molecule has 0 aliphatic rings. The number of benzene rings is 2. The number of hydrogen-bond acceptors (Lipinski definition) is 3. The van der Waals surface area contributed by atoms with Crippen molar-refractivity contribution >= 4 is 22.4 Å². The number of nitrogens with zero attached hydrogens (tertiary/aromatic N) is 1. The monoisotopic (exact) mass is 336 g/mol. The van der Waals surface area contributed by atoms with Gasteiger partial charge in [0.25, 0.3) is 5.91 Å². The maximum atomic E-state index is 12.3. The number of fused-ring (bicyclic) bond motifs is 1. The summed E-state index contributed by atoms with van der Waals surface area (Å²) in [6.45, 7) is 1.73. The first-order valence-corrected chi connectivity index (χ1v) is 8.19. The molecular formula is C20H20N2O3. The van der Waals surface area contributed by atoms with E-state index in [2.05, 4.69) is 5.32 Å². The van der Waals surface area contributed by atoms with Crippen molar-refractivity contribution in [2.75, 3.05) is 11.9 Å². The number of hydrogen-bond donors (Lipinski definition) is 1. The van der Waals surface area contributed by atoms with E-state index in [0.29, 0.717) is 6.42 Å². The van der Waals surface area contributed by atoms with Crippen molar-refractivity contribution in [3.63, 3.8) is 0 Å².